The van der Waals surface area contributed by atoms with Gasteiger partial charge in [0, 0.05) is 11.6 Å². The summed E-state index contributed by atoms with van der Waals surface area (Å²) >= 11 is 0. The number of nitrogens with zero attached hydrogens (tertiary/aromatic N) is 1. The second-order valence-corrected chi connectivity index (χ2v) is 2.89. The highest BCUT2D eigenvalue weighted by Gasteiger charge is 2.20. The Labute approximate surface area is 83.7 Å². The lowest BCUT2D eigenvalue weighted by molar-refractivity contribution is -0.385. The normalized spacial score (nSPS) is 10.4. The highest BCUT2D eigenvalue weighted by Crippen LogP contribution is 2.26. The van der Waals surface area contributed by atoms with E-state index in [1.807, 2.05) is 0 Å². The van der Waals surface area contributed by atoms with Crippen LogP contribution in [0.25, 0.3) is 0 Å². The van der Waals surface area contributed by atoms with Crippen LogP contribution in [-0.2, 0) is 0 Å². The molecule has 0 aromatic heterocycles. The van der Waals surface area contributed by atoms with Crippen molar-refractivity contribution < 1.29 is 18.5 Å². The molecule has 0 atom stereocenters. The predicted octanol–water partition coefficient (Wildman–Crippen LogP) is 2.74. The molecule has 0 bridgehead atoms. The van der Waals surface area contributed by atoms with Gasteiger partial charge in [0.1, 0.15) is 0 Å². The van der Waals surface area contributed by atoms with Gasteiger partial charge in [0.15, 0.2) is 5.78 Å². The quantitative estimate of drug-likeness (QED) is 0.442. The number of Topliss-reactive ketones (excluding diaryl/α,β-unsaturated/α-hetero) is 1. The third kappa shape index (κ3) is 2.34. The molecule has 0 aliphatic carbocycles. The summed E-state index contributed by atoms with van der Waals surface area (Å²) in [6.45, 7) is 1.14. The van der Waals surface area contributed by atoms with Gasteiger partial charge in [0.2, 0.25) is 0 Å². The van der Waals surface area contributed by atoms with Crippen LogP contribution >= 0.6 is 0 Å². The maximum Gasteiger partial charge on any atom is 0.280 e. The Morgan fingerprint density at radius 2 is 2.07 bits per heavy atom. The molecule has 0 saturated carbocycles. The first-order valence-electron chi connectivity index (χ1n) is 4.01. The number of nitro benzene ring substituents is 1. The molecule has 0 aliphatic rings. The van der Waals surface area contributed by atoms with Crippen molar-refractivity contribution in [1.29, 1.82) is 0 Å². The zero-order chi connectivity index (χ0) is 11.6. The molecule has 1 aromatic carbocycles. The van der Waals surface area contributed by atoms with Crippen LogP contribution in [0.2, 0.25) is 0 Å². The average Bonchev–Trinajstić information content (AvgIpc) is 2.16. The minimum Gasteiger partial charge on any atom is -0.294 e. The van der Waals surface area contributed by atoms with Crippen molar-refractivity contribution in [1.82, 2.24) is 0 Å². The monoisotopic (exact) mass is 215 g/mol. The fourth-order valence-electron chi connectivity index (χ4n) is 1.13. The van der Waals surface area contributed by atoms with Gasteiger partial charge in [-0.1, -0.05) is 6.07 Å². The van der Waals surface area contributed by atoms with Crippen LogP contribution in [0.4, 0.5) is 14.5 Å². The predicted molar refractivity (Wildman–Crippen MR) is 48.1 cm³/mol. The molecule has 80 valence electrons. The summed E-state index contributed by atoms with van der Waals surface area (Å²) in [4.78, 5) is 20.6. The molecule has 6 heteroatoms. The molecule has 0 unspecified atom stereocenters. The van der Waals surface area contributed by atoms with Crippen molar-refractivity contribution in [3.63, 3.8) is 0 Å². The average molecular weight is 215 g/mol. The van der Waals surface area contributed by atoms with Crippen LogP contribution in [0, 0.1) is 10.1 Å². The number of hydrogen-bond acceptors (Lipinski definition) is 3. The number of nitro groups is 1. The first-order valence-corrected chi connectivity index (χ1v) is 4.01. The number of carbonyl (C=O) groups excluding carboxylic acids is 1. The fourth-order valence-corrected chi connectivity index (χ4v) is 1.13. The lowest BCUT2D eigenvalue weighted by Crippen LogP contribution is -2.01. The molecule has 4 nitrogen and oxygen atoms in total. The van der Waals surface area contributed by atoms with Crippen LogP contribution in [-0.4, -0.2) is 10.7 Å². The number of carbonyl (C=O) groups is 1. The molecular weight excluding hydrogens is 208 g/mol. The van der Waals surface area contributed by atoms with E-state index in [2.05, 4.69) is 0 Å². The first kappa shape index (κ1) is 11.2. The molecule has 15 heavy (non-hydrogen) atoms. The van der Waals surface area contributed by atoms with E-state index < -0.39 is 28.4 Å². The van der Waals surface area contributed by atoms with E-state index in [1.54, 1.807) is 0 Å². The summed E-state index contributed by atoms with van der Waals surface area (Å²) in [5.41, 5.74) is -1.21. The lowest BCUT2D eigenvalue weighted by atomic mass is 10.1. The number of halogens is 2. The molecule has 0 fully saturated rings. The maximum absolute atomic E-state index is 12.2. The van der Waals surface area contributed by atoms with Crippen molar-refractivity contribution >= 4 is 11.5 Å². The minimum absolute atomic E-state index is 0.163. The van der Waals surface area contributed by atoms with E-state index in [-0.39, 0.29) is 5.56 Å². The van der Waals surface area contributed by atoms with Gasteiger partial charge in [-0.15, -0.1) is 0 Å². The molecule has 0 N–H and O–H groups in total. The van der Waals surface area contributed by atoms with Crippen molar-refractivity contribution in [3.05, 3.63) is 39.4 Å². The Balaban J connectivity index is 3.33. The summed E-state index contributed by atoms with van der Waals surface area (Å²) in [7, 11) is 0. The third-order valence-electron chi connectivity index (χ3n) is 1.85. The molecule has 0 amide bonds. The largest absolute Gasteiger partial charge is 0.294 e. The van der Waals surface area contributed by atoms with Gasteiger partial charge >= 0.3 is 0 Å². The smallest absolute Gasteiger partial charge is 0.280 e. The fraction of sp³-hybridized carbons (Fsp3) is 0.222. The number of rotatable bonds is 3. The van der Waals surface area contributed by atoms with E-state index in [4.69, 9.17) is 0 Å². The van der Waals surface area contributed by atoms with Crippen LogP contribution in [0.5, 0.6) is 0 Å². The van der Waals surface area contributed by atoms with Crippen LogP contribution in [0.3, 0.4) is 0 Å². The van der Waals surface area contributed by atoms with E-state index in [9.17, 15) is 23.7 Å². The van der Waals surface area contributed by atoms with Crippen molar-refractivity contribution in [2.45, 2.75) is 13.3 Å². The van der Waals surface area contributed by atoms with E-state index in [1.165, 1.54) is 0 Å². The van der Waals surface area contributed by atoms with Crippen LogP contribution < -0.4 is 0 Å². The van der Waals surface area contributed by atoms with Crippen molar-refractivity contribution in [3.8, 4) is 0 Å². The van der Waals surface area contributed by atoms with Gasteiger partial charge < -0.3 is 0 Å². The van der Waals surface area contributed by atoms with Gasteiger partial charge in [-0.05, 0) is 13.0 Å². The topological polar surface area (TPSA) is 60.2 Å². The molecule has 0 saturated heterocycles. The number of ketones is 1. The van der Waals surface area contributed by atoms with Gasteiger partial charge in [0.25, 0.3) is 12.1 Å². The number of alkyl halides is 2. The summed E-state index contributed by atoms with van der Waals surface area (Å²) in [6.07, 6.45) is -2.79. The van der Waals surface area contributed by atoms with Crippen molar-refractivity contribution in [2.24, 2.45) is 0 Å². The maximum atomic E-state index is 12.2. The zero-order valence-electron chi connectivity index (χ0n) is 7.74. The van der Waals surface area contributed by atoms with Gasteiger partial charge in [-0.3, -0.25) is 14.9 Å². The van der Waals surface area contributed by atoms with E-state index >= 15 is 0 Å². The zero-order valence-corrected chi connectivity index (χ0v) is 7.74. The molecule has 0 heterocycles. The highest BCUT2D eigenvalue weighted by atomic mass is 19.3. The highest BCUT2D eigenvalue weighted by molar-refractivity contribution is 5.98. The van der Waals surface area contributed by atoms with Crippen LogP contribution in [0.1, 0.15) is 29.3 Å². The van der Waals surface area contributed by atoms with Gasteiger partial charge in [0.05, 0.1) is 10.5 Å². The number of benzene rings is 1. The summed E-state index contributed by atoms with van der Waals surface area (Å²) in [5.74, 6) is -0.525. The Morgan fingerprint density at radius 1 is 1.47 bits per heavy atom. The Kier molecular flexibility index (Phi) is 3.08. The molecule has 0 aliphatic heterocycles. The van der Waals surface area contributed by atoms with E-state index in [0.29, 0.717) is 0 Å². The van der Waals surface area contributed by atoms with Gasteiger partial charge in [-0.2, -0.15) is 0 Å². The molecule has 1 aromatic rings. The van der Waals surface area contributed by atoms with Gasteiger partial charge in [-0.25, -0.2) is 8.78 Å². The molecular formula is C9H7F2NO3. The summed E-state index contributed by atoms with van der Waals surface area (Å²) in [6, 6.07) is 2.78. The number of hydrogen-bond donors (Lipinski definition) is 0. The van der Waals surface area contributed by atoms with Crippen molar-refractivity contribution in [2.75, 3.05) is 0 Å². The Morgan fingerprint density at radius 3 is 2.47 bits per heavy atom. The molecule has 0 radical (unpaired) electrons. The molecule has 1 rings (SSSR count). The second kappa shape index (κ2) is 4.12. The Bertz CT molecular complexity index is 418. The van der Waals surface area contributed by atoms with Crippen LogP contribution in [0.15, 0.2) is 18.2 Å². The lowest BCUT2D eigenvalue weighted by Gasteiger charge is -2.02. The summed E-state index contributed by atoms with van der Waals surface area (Å²) < 4.78 is 24.5. The summed E-state index contributed by atoms with van der Waals surface area (Å²) in [5, 5.41) is 10.5. The third-order valence-corrected chi connectivity index (χ3v) is 1.85. The molecule has 0 spiro atoms. The van der Waals surface area contributed by atoms with E-state index in [0.717, 1.165) is 25.1 Å². The first-order chi connectivity index (χ1) is 6.93. The minimum atomic E-state index is -2.79. The standard InChI is InChI=1S/C9H7F2NO3/c1-5(13)7-3-2-6(9(10)11)4-8(7)12(14)15/h2-4,9H,1H3. The SMILES string of the molecule is CC(=O)c1ccc(C(F)F)cc1[N+](=O)[O-]. The second-order valence-electron chi connectivity index (χ2n) is 2.89. The Hall–Kier alpha value is -1.85.